The minimum atomic E-state index is -0.497. The van der Waals surface area contributed by atoms with E-state index in [-0.39, 0.29) is 12.3 Å². The second-order valence-electron chi connectivity index (χ2n) is 3.96. The molecule has 1 aliphatic heterocycles. The molecule has 19 heavy (non-hydrogen) atoms. The molecule has 2 rings (SSSR count). The van der Waals surface area contributed by atoms with E-state index in [4.69, 9.17) is 9.47 Å². The molecule has 0 saturated carbocycles. The summed E-state index contributed by atoms with van der Waals surface area (Å²) in [7, 11) is 0. The van der Waals surface area contributed by atoms with E-state index in [1.54, 1.807) is 6.92 Å². The summed E-state index contributed by atoms with van der Waals surface area (Å²) in [5.74, 6) is 0.333. The highest BCUT2D eigenvalue weighted by Gasteiger charge is 2.24. The lowest BCUT2D eigenvalue weighted by molar-refractivity contribution is -0.384. The second-order valence-corrected chi connectivity index (χ2v) is 3.96. The van der Waals surface area contributed by atoms with Gasteiger partial charge in [0.15, 0.2) is 0 Å². The summed E-state index contributed by atoms with van der Waals surface area (Å²) in [4.78, 5) is 23.5. The van der Waals surface area contributed by atoms with Crippen LogP contribution in [0, 0.1) is 10.1 Å². The summed E-state index contributed by atoms with van der Waals surface area (Å²) >= 11 is 0. The zero-order chi connectivity index (χ0) is 13.8. The molecule has 102 valence electrons. The van der Waals surface area contributed by atoms with Gasteiger partial charge in [-0.25, -0.2) is 4.79 Å². The van der Waals surface area contributed by atoms with Crippen molar-refractivity contribution in [3.63, 3.8) is 0 Å². The Bertz CT molecular complexity index is 503. The maximum Gasteiger partial charge on any atom is 0.414 e. The summed E-state index contributed by atoms with van der Waals surface area (Å²) in [6.45, 7) is 2.87. The number of anilines is 1. The standard InChI is InChI=1S/C12H14N2O5/c1-2-18-12(15)13-6-3-7-19-11-8-9(14(16)17)4-5-10(11)13/h4-5,8H,2-3,6-7H2,1H3. The van der Waals surface area contributed by atoms with Gasteiger partial charge in [-0.2, -0.15) is 0 Å². The third-order valence-electron chi connectivity index (χ3n) is 2.72. The molecule has 1 heterocycles. The second kappa shape index (κ2) is 5.55. The molecule has 0 saturated heterocycles. The van der Waals surface area contributed by atoms with Crippen molar-refractivity contribution in [3.05, 3.63) is 28.3 Å². The van der Waals surface area contributed by atoms with Crippen molar-refractivity contribution in [1.29, 1.82) is 0 Å². The molecule has 0 aromatic heterocycles. The predicted octanol–water partition coefficient (Wildman–Crippen LogP) is 2.34. The number of hydrogen-bond acceptors (Lipinski definition) is 5. The molecule has 0 N–H and O–H groups in total. The summed E-state index contributed by atoms with van der Waals surface area (Å²) < 4.78 is 10.4. The van der Waals surface area contributed by atoms with Crippen molar-refractivity contribution in [3.8, 4) is 5.75 Å². The lowest BCUT2D eigenvalue weighted by Gasteiger charge is -2.20. The number of benzene rings is 1. The molecule has 1 aromatic rings. The van der Waals surface area contributed by atoms with Crippen LogP contribution in [0.15, 0.2) is 18.2 Å². The maximum absolute atomic E-state index is 11.8. The van der Waals surface area contributed by atoms with E-state index in [9.17, 15) is 14.9 Å². The SMILES string of the molecule is CCOC(=O)N1CCCOc2cc([N+](=O)[O-])ccc21. The highest BCUT2D eigenvalue weighted by atomic mass is 16.6. The maximum atomic E-state index is 11.8. The third-order valence-corrected chi connectivity index (χ3v) is 2.72. The predicted molar refractivity (Wildman–Crippen MR) is 67.6 cm³/mol. The molecule has 1 aromatic carbocycles. The van der Waals surface area contributed by atoms with Crippen LogP contribution < -0.4 is 9.64 Å². The Hall–Kier alpha value is -2.31. The number of carbonyl (C=O) groups excluding carboxylic acids is 1. The van der Waals surface area contributed by atoms with E-state index in [0.717, 1.165) is 0 Å². The lowest BCUT2D eigenvalue weighted by atomic mass is 10.2. The van der Waals surface area contributed by atoms with E-state index in [1.165, 1.54) is 23.1 Å². The van der Waals surface area contributed by atoms with Crippen molar-refractivity contribution in [2.75, 3.05) is 24.7 Å². The molecular formula is C12H14N2O5. The Morgan fingerprint density at radius 2 is 2.37 bits per heavy atom. The molecule has 1 amide bonds. The molecule has 0 aliphatic carbocycles. The molecule has 7 heteroatoms. The molecule has 0 fully saturated rings. The Morgan fingerprint density at radius 1 is 1.58 bits per heavy atom. The number of nitro benzene ring substituents is 1. The van der Waals surface area contributed by atoms with Crippen molar-refractivity contribution in [1.82, 2.24) is 0 Å². The van der Waals surface area contributed by atoms with Crippen molar-refractivity contribution in [2.45, 2.75) is 13.3 Å². The van der Waals surface area contributed by atoms with Gasteiger partial charge in [-0.3, -0.25) is 15.0 Å². The van der Waals surface area contributed by atoms with Crippen molar-refractivity contribution < 1.29 is 19.2 Å². The van der Waals surface area contributed by atoms with Crippen molar-refractivity contribution in [2.24, 2.45) is 0 Å². The fraction of sp³-hybridized carbons (Fsp3) is 0.417. The van der Waals surface area contributed by atoms with Crippen LogP contribution in [0.25, 0.3) is 0 Å². The Kier molecular flexibility index (Phi) is 3.84. The van der Waals surface area contributed by atoms with Gasteiger partial charge in [0, 0.05) is 12.6 Å². The summed E-state index contributed by atoms with van der Waals surface area (Å²) in [5, 5.41) is 10.7. The van der Waals surface area contributed by atoms with Gasteiger partial charge in [0.2, 0.25) is 0 Å². The highest BCUT2D eigenvalue weighted by Crippen LogP contribution is 2.34. The smallest absolute Gasteiger partial charge is 0.414 e. The van der Waals surface area contributed by atoms with Gasteiger partial charge < -0.3 is 9.47 Å². The topological polar surface area (TPSA) is 81.9 Å². The number of nitro groups is 1. The van der Waals surface area contributed by atoms with E-state index in [2.05, 4.69) is 0 Å². The Morgan fingerprint density at radius 3 is 3.05 bits per heavy atom. The van der Waals surface area contributed by atoms with Crippen LogP contribution in [0.4, 0.5) is 16.2 Å². The number of carbonyl (C=O) groups is 1. The van der Waals surface area contributed by atoms with Gasteiger partial charge in [0.05, 0.1) is 29.9 Å². The van der Waals surface area contributed by atoms with Crippen LogP contribution in [-0.2, 0) is 4.74 Å². The quantitative estimate of drug-likeness (QED) is 0.606. The molecule has 0 radical (unpaired) electrons. The molecule has 7 nitrogen and oxygen atoms in total. The molecule has 0 spiro atoms. The first-order chi connectivity index (χ1) is 9.13. The number of nitrogens with zero attached hydrogens (tertiary/aromatic N) is 2. The van der Waals surface area contributed by atoms with Crippen LogP contribution >= 0.6 is 0 Å². The number of hydrogen-bond donors (Lipinski definition) is 0. The number of fused-ring (bicyclic) bond motifs is 1. The normalized spacial score (nSPS) is 14.1. The average Bonchev–Trinajstić information content (AvgIpc) is 2.60. The van der Waals surface area contributed by atoms with Crippen LogP contribution in [0.1, 0.15) is 13.3 Å². The Balaban J connectivity index is 2.37. The minimum Gasteiger partial charge on any atom is -0.491 e. The van der Waals surface area contributed by atoms with Gasteiger partial charge in [-0.1, -0.05) is 0 Å². The molecule has 0 atom stereocenters. The van der Waals surface area contributed by atoms with Gasteiger partial charge >= 0.3 is 6.09 Å². The fourth-order valence-electron chi connectivity index (χ4n) is 1.87. The van der Waals surface area contributed by atoms with Crippen LogP contribution in [0.3, 0.4) is 0 Å². The van der Waals surface area contributed by atoms with Gasteiger partial charge in [-0.05, 0) is 19.4 Å². The number of amides is 1. The summed E-state index contributed by atoms with van der Waals surface area (Å²) in [6.07, 6.45) is 0.171. The molecule has 1 aliphatic rings. The van der Waals surface area contributed by atoms with Crippen LogP contribution in [-0.4, -0.2) is 30.8 Å². The number of rotatable bonds is 2. The number of ether oxygens (including phenoxy) is 2. The van der Waals surface area contributed by atoms with E-state index >= 15 is 0 Å². The van der Waals surface area contributed by atoms with Crippen LogP contribution in [0.5, 0.6) is 5.75 Å². The van der Waals surface area contributed by atoms with Gasteiger partial charge in [0.1, 0.15) is 5.75 Å². The zero-order valence-electron chi connectivity index (χ0n) is 10.5. The Labute approximate surface area is 109 Å². The molecular weight excluding hydrogens is 252 g/mol. The van der Waals surface area contributed by atoms with Crippen molar-refractivity contribution >= 4 is 17.5 Å². The van der Waals surface area contributed by atoms with Gasteiger partial charge in [-0.15, -0.1) is 0 Å². The third kappa shape index (κ3) is 2.75. The highest BCUT2D eigenvalue weighted by molar-refractivity contribution is 5.90. The van der Waals surface area contributed by atoms with E-state index < -0.39 is 11.0 Å². The molecule has 0 bridgehead atoms. The summed E-state index contributed by atoms with van der Waals surface area (Å²) in [5.41, 5.74) is 0.436. The van der Waals surface area contributed by atoms with E-state index in [1.807, 2.05) is 0 Å². The minimum absolute atomic E-state index is 0.0653. The monoisotopic (exact) mass is 266 g/mol. The zero-order valence-corrected chi connectivity index (χ0v) is 10.5. The summed E-state index contributed by atoms with van der Waals surface area (Å²) in [6, 6.07) is 4.18. The van der Waals surface area contributed by atoms with E-state index in [0.29, 0.717) is 31.0 Å². The van der Waals surface area contributed by atoms with Gasteiger partial charge in [0.25, 0.3) is 5.69 Å². The first-order valence-electron chi connectivity index (χ1n) is 5.99. The average molecular weight is 266 g/mol. The fourth-order valence-corrected chi connectivity index (χ4v) is 1.87. The first-order valence-corrected chi connectivity index (χ1v) is 5.99. The largest absolute Gasteiger partial charge is 0.491 e. The number of non-ortho nitro benzene ring substituents is 1. The van der Waals surface area contributed by atoms with Crippen LogP contribution in [0.2, 0.25) is 0 Å². The molecule has 0 unspecified atom stereocenters. The lowest BCUT2D eigenvalue weighted by Crippen LogP contribution is -2.32. The first kappa shape index (κ1) is 13.1.